The van der Waals surface area contributed by atoms with Crippen LogP contribution in [0.1, 0.15) is 64.7 Å². The zero-order chi connectivity index (χ0) is 29.6. The number of carbonyl (C=O) groups excluding carboxylic acids is 2. The summed E-state index contributed by atoms with van der Waals surface area (Å²) in [4.78, 5) is 26.8. The molecule has 1 fully saturated rings. The third-order valence-corrected chi connectivity index (χ3v) is 8.49. The molecule has 1 aliphatic carbocycles. The van der Waals surface area contributed by atoms with Gasteiger partial charge in [-0.2, -0.15) is 0 Å². The van der Waals surface area contributed by atoms with Crippen molar-refractivity contribution in [3.8, 4) is 5.75 Å². The number of ketones is 1. The number of Topliss-reactive ketones (excluding diaryl/α,β-unsaturated/α-hetero) is 1. The first-order chi connectivity index (χ1) is 20.4. The third-order valence-electron chi connectivity index (χ3n) is 7.94. The summed E-state index contributed by atoms with van der Waals surface area (Å²) in [5, 5.41) is 1.16. The van der Waals surface area contributed by atoms with E-state index in [1.165, 1.54) is 7.11 Å². The first-order valence-corrected chi connectivity index (χ1v) is 15.1. The zero-order valence-electron chi connectivity index (χ0n) is 23.6. The Labute approximate surface area is 256 Å². The second kappa shape index (κ2) is 13.9. The summed E-state index contributed by atoms with van der Waals surface area (Å²) in [7, 11) is 1.28. The Morgan fingerprint density at radius 2 is 1.79 bits per heavy atom. The number of allylic oxidation sites excluding steroid dienone is 1. The van der Waals surface area contributed by atoms with Gasteiger partial charge in [-0.15, -0.1) is 0 Å². The lowest BCUT2D eigenvalue weighted by Gasteiger charge is -2.19. The molecule has 5 nitrogen and oxygen atoms in total. The normalized spacial score (nSPS) is 17.1. The molecule has 42 heavy (non-hydrogen) atoms. The fraction of sp³-hybridized carbons (Fsp3) is 0.353. The van der Waals surface area contributed by atoms with Crippen molar-refractivity contribution in [3.63, 3.8) is 0 Å². The first kappa shape index (κ1) is 30.3. The SMILES string of the molecule is COC(=O)CC(=O)c1ccc2c(c1)CCCC(c1ccc(Cl)cc1Cl)=C2c1ccc(OC2CCN(CCCF)C2)cc1. The summed E-state index contributed by atoms with van der Waals surface area (Å²) in [6.07, 6.45) is 3.68. The van der Waals surface area contributed by atoms with Crippen LogP contribution in [0.15, 0.2) is 60.7 Å². The van der Waals surface area contributed by atoms with E-state index in [-0.39, 0.29) is 25.0 Å². The lowest BCUT2D eigenvalue weighted by Crippen LogP contribution is -2.26. The smallest absolute Gasteiger partial charge is 0.313 e. The molecular weight excluding hydrogens is 576 g/mol. The number of fused-ring (bicyclic) bond motifs is 1. The van der Waals surface area contributed by atoms with Gasteiger partial charge in [-0.3, -0.25) is 18.9 Å². The summed E-state index contributed by atoms with van der Waals surface area (Å²) in [5.74, 6) is -0.0278. The highest BCUT2D eigenvalue weighted by atomic mass is 35.5. The van der Waals surface area contributed by atoms with E-state index >= 15 is 0 Å². The second-order valence-electron chi connectivity index (χ2n) is 10.8. The second-order valence-corrected chi connectivity index (χ2v) is 11.6. The largest absolute Gasteiger partial charge is 0.489 e. The maximum Gasteiger partial charge on any atom is 0.313 e. The molecule has 0 amide bonds. The van der Waals surface area contributed by atoms with Gasteiger partial charge in [0.25, 0.3) is 0 Å². The average Bonchev–Trinajstić information content (AvgIpc) is 3.34. The number of esters is 1. The Morgan fingerprint density at radius 3 is 2.52 bits per heavy atom. The Kier molecular flexibility index (Phi) is 9.99. The highest BCUT2D eigenvalue weighted by molar-refractivity contribution is 6.36. The summed E-state index contributed by atoms with van der Waals surface area (Å²) < 4.78 is 23.6. The number of halogens is 3. The molecule has 8 heteroatoms. The van der Waals surface area contributed by atoms with Crippen LogP contribution in [0.2, 0.25) is 10.0 Å². The average molecular weight is 611 g/mol. The number of rotatable bonds is 10. The number of benzene rings is 3. The third kappa shape index (κ3) is 7.05. The summed E-state index contributed by atoms with van der Waals surface area (Å²) >= 11 is 13.0. The lowest BCUT2D eigenvalue weighted by molar-refractivity contribution is -0.139. The Bertz CT molecular complexity index is 1490. The minimum atomic E-state index is -0.553. The molecular formula is C34H34Cl2FNO4. The van der Waals surface area contributed by atoms with Crippen LogP contribution in [0.3, 0.4) is 0 Å². The standard InChI is InChI=1S/C34H34Cl2FNO4/c1-41-33(40)20-32(39)24-8-12-28-23(18-24)4-2-5-30(29-13-9-25(35)19-31(29)36)34(28)22-6-10-26(11-7-22)42-27-14-17-38(21-27)16-3-15-37/h6-13,18-19,27H,2-5,14-17,20-21H2,1H3. The van der Waals surface area contributed by atoms with Crippen LogP contribution in [0.5, 0.6) is 5.75 Å². The van der Waals surface area contributed by atoms with Gasteiger partial charge in [-0.25, -0.2) is 0 Å². The molecule has 0 aromatic heterocycles. The van der Waals surface area contributed by atoms with E-state index in [9.17, 15) is 14.0 Å². The number of hydrogen-bond acceptors (Lipinski definition) is 5. The first-order valence-electron chi connectivity index (χ1n) is 14.3. The molecule has 0 bridgehead atoms. The minimum Gasteiger partial charge on any atom is -0.489 e. The number of nitrogens with zero attached hydrogens (tertiary/aromatic N) is 1. The van der Waals surface area contributed by atoms with Crippen LogP contribution < -0.4 is 4.74 Å². The Morgan fingerprint density at radius 1 is 1.00 bits per heavy atom. The van der Waals surface area contributed by atoms with Crippen LogP contribution >= 0.6 is 23.2 Å². The molecule has 0 N–H and O–H groups in total. The van der Waals surface area contributed by atoms with Gasteiger partial charge >= 0.3 is 5.97 Å². The molecule has 1 saturated heterocycles. The van der Waals surface area contributed by atoms with E-state index < -0.39 is 5.97 Å². The molecule has 220 valence electrons. The minimum absolute atomic E-state index is 0.0812. The van der Waals surface area contributed by atoms with Crippen LogP contribution in [0, 0.1) is 0 Å². The highest BCUT2D eigenvalue weighted by Gasteiger charge is 2.25. The van der Waals surface area contributed by atoms with Gasteiger partial charge in [0.2, 0.25) is 0 Å². The molecule has 1 aliphatic heterocycles. The van der Waals surface area contributed by atoms with Crippen molar-refractivity contribution >= 4 is 46.1 Å². The van der Waals surface area contributed by atoms with E-state index in [0.717, 1.165) is 84.5 Å². The number of alkyl halides is 1. The van der Waals surface area contributed by atoms with Gasteiger partial charge in [-0.1, -0.05) is 53.5 Å². The molecule has 3 aromatic carbocycles. The maximum absolute atomic E-state index is 12.8. The molecule has 0 spiro atoms. The van der Waals surface area contributed by atoms with Crippen LogP contribution in [-0.2, 0) is 16.0 Å². The molecule has 1 heterocycles. The maximum atomic E-state index is 12.8. The summed E-state index contributed by atoms with van der Waals surface area (Å²) in [6, 6.07) is 19.3. The van der Waals surface area contributed by atoms with Crippen LogP contribution in [-0.4, -0.2) is 56.2 Å². The van der Waals surface area contributed by atoms with Crippen LogP contribution in [0.4, 0.5) is 4.39 Å². The van der Waals surface area contributed by atoms with E-state index in [1.807, 2.05) is 36.4 Å². The van der Waals surface area contributed by atoms with Gasteiger partial charge in [0.05, 0.1) is 13.8 Å². The fourth-order valence-electron chi connectivity index (χ4n) is 5.87. The number of methoxy groups -OCH3 is 1. The van der Waals surface area contributed by atoms with Gasteiger partial charge in [-0.05, 0) is 95.8 Å². The van der Waals surface area contributed by atoms with Crippen molar-refractivity contribution < 1.29 is 23.5 Å². The molecule has 1 unspecified atom stereocenters. The Balaban J connectivity index is 1.50. The van der Waals surface area contributed by atoms with Gasteiger partial charge < -0.3 is 9.47 Å². The predicted molar refractivity (Wildman–Crippen MR) is 165 cm³/mol. The summed E-state index contributed by atoms with van der Waals surface area (Å²) in [6.45, 7) is 2.18. The van der Waals surface area contributed by atoms with Gasteiger partial charge in [0.1, 0.15) is 18.3 Å². The summed E-state index contributed by atoms with van der Waals surface area (Å²) in [5.41, 5.74) is 6.65. The molecule has 0 radical (unpaired) electrons. The van der Waals surface area contributed by atoms with Gasteiger partial charge in [0.15, 0.2) is 5.78 Å². The molecule has 1 atom stereocenters. The van der Waals surface area contributed by atoms with Crippen molar-refractivity contribution in [2.45, 2.75) is 44.6 Å². The molecule has 2 aliphatic rings. The van der Waals surface area contributed by atoms with Crippen molar-refractivity contribution in [3.05, 3.63) is 98.5 Å². The van der Waals surface area contributed by atoms with Crippen molar-refractivity contribution in [1.29, 1.82) is 0 Å². The van der Waals surface area contributed by atoms with Crippen molar-refractivity contribution in [2.24, 2.45) is 0 Å². The number of carbonyl (C=O) groups is 2. The molecule has 5 rings (SSSR count). The van der Waals surface area contributed by atoms with Gasteiger partial charge in [0, 0.05) is 35.2 Å². The fourth-order valence-corrected chi connectivity index (χ4v) is 6.39. The molecule has 3 aromatic rings. The van der Waals surface area contributed by atoms with E-state index in [2.05, 4.69) is 21.8 Å². The highest BCUT2D eigenvalue weighted by Crippen LogP contribution is 2.43. The number of aryl methyl sites for hydroxylation is 1. The Hall–Kier alpha value is -3.19. The van der Waals surface area contributed by atoms with E-state index in [0.29, 0.717) is 22.0 Å². The van der Waals surface area contributed by atoms with Crippen molar-refractivity contribution in [2.75, 3.05) is 33.4 Å². The van der Waals surface area contributed by atoms with E-state index in [4.69, 9.17) is 27.9 Å². The van der Waals surface area contributed by atoms with Crippen molar-refractivity contribution in [1.82, 2.24) is 4.90 Å². The number of ether oxygens (including phenoxy) is 2. The zero-order valence-corrected chi connectivity index (χ0v) is 25.1. The number of hydrogen-bond donors (Lipinski definition) is 0. The quantitative estimate of drug-likeness (QED) is 0.133. The van der Waals surface area contributed by atoms with Crippen LogP contribution in [0.25, 0.3) is 11.1 Å². The lowest BCUT2D eigenvalue weighted by atomic mass is 9.87. The number of likely N-dealkylation sites (tertiary alicyclic amines) is 1. The molecule has 0 saturated carbocycles. The topological polar surface area (TPSA) is 55.8 Å². The predicted octanol–water partition coefficient (Wildman–Crippen LogP) is 7.85. The van der Waals surface area contributed by atoms with E-state index in [1.54, 1.807) is 12.1 Å². The monoisotopic (exact) mass is 609 g/mol.